The van der Waals surface area contributed by atoms with Crippen LogP contribution in [0.5, 0.6) is 5.75 Å². The van der Waals surface area contributed by atoms with Crippen LogP contribution in [0.1, 0.15) is 16.7 Å². The maximum atomic E-state index is 14.2. The van der Waals surface area contributed by atoms with Gasteiger partial charge in [-0.15, -0.1) is 0 Å². The van der Waals surface area contributed by atoms with Gasteiger partial charge in [-0.1, -0.05) is 48.5 Å². The normalized spacial score (nSPS) is 18.2. The fraction of sp³-hybridized carbons (Fsp3) is 0.0455. The third-order valence-corrected chi connectivity index (χ3v) is 7.02. The Kier molecular flexibility index (Phi) is 4.32. The third-order valence-electron chi connectivity index (χ3n) is 4.56. The van der Waals surface area contributed by atoms with Gasteiger partial charge in [0.15, 0.2) is 0 Å². The molecule has 4 rings (SSSR count). The van der Waals surface area contributed by atoms with Crippen LogP contribution < -0.4 is 9.19 Å². The molecule has 1 atom stereocenters. The van der Waals surface area contributed by atoms with Crippen molar-refractivity contribution in [1.29, 1.82) is 5.26 Å². The third kappa shape index (κ3) is 3.03. The quantitative estimate of drug-likeness (QED) is 0.547. The summed E-state index contributed by atoms with van der Waals surface area (Å²) in [5, 5.41) is 9.66. The fourth-order valence-electron chi connectivity index (χ4n) is 3.13. The summed E-state index contributed by atoms with van der Waals surface area (Å²) in [4.78, 5) is 0. The van der Waals surface area contributed by atoms with Crippen molar-refractivity contribution >= 4 is 24.6 Å². The van der Waals surface area contributed by atoms with Gasteiger partial charge in [0.25, 0.3) is 0 Å². The van der Waals surface area contributed by atoms with Gasteiger partial charge in [0, 0.05) is 7.05 Å². The number of nitrogens with zero attached hydrogens (tertiary/aromatic N) is 2. The molecular weight excluding hydrogens is 355 g/mol. The van der Waals surface area contributed by atoms with Crippen LogP contribution in [0.3, 0.4) is 0 Å². The number of hydrogen-bond acceptors (Lipinski definition) is 3. The van der Waals surface area contributed by atoms with Crippen molar-refractivity contribution in [2.75, 3.05) is 11.7 Å². The second-order valence-corrected chi connectivity index (χ2v) is 8.53. The molecule has 3 aromatic rings. The number of fused-ring (bicyclic) bond motifs is 1. The van der Waals surface area contributed by atoms with Gasteiger partial charge in [-0.05, 0) is 47.5 Å². The highest BCUT2D eigenvalue weighted by Gasteiger charge is 2.40. The van der Waals surface area contributed by atoms with E-state index in [2.05, 4.69) is 6.07 Å². The van der Waals surface area contributed by atoms with Crippen LogP contribution in [0.4, 0.5) is 5.69 Å². The maximum Gasteiger partial charge on any atom is 0.374 e. The van der Waals surface area contributed by atoms with E-state index in [1.165, 1.54) is 0 Å². The molecule has 132 valence electrons. The molecule has 27 heavy (non-hydrogen) atoms. The number of hydrogen-bond donors (Lipinski definition) is 0. The molecule has 0 bridgehead atoms. The Morgan fingerprint density at radius 2 is 1.59 bits per heavy atom. The summed E-state index contributed by atoms with van der Waals surface area (Å²) >= 11 is 0. The zero-order valence-electron chi connectivity index (χ0n) is 14.7. The van der Waals surface area contributed by atoms with Crippen LogP contribution >= 0.6 is 7.52 Å². The summed E-state index contributed by atoms with van der Waals surface area (Å²) in [7, 11) is -1.61. The van der Waals surface area contributed by atoms with Gasteiger partial charge in [0.05, 0.1) is 22.6 Å². The minimum atomic E-state index is -3.40. The van der Waals surface area contributed by atoms with Crippen molar-refractivity contribution in [3.8, 4) is 11.8 Å². The average molecular weight is 372 g/mol. The summed E-state index contributed by atoms with van der Waals surface area (Å²) in [6.07, 6.45) is 1.92. The maximum absolute atomic E-state index is 14.2. The van der Waals surface area contributed by atoms with Crippen molar-refractivity contribution in [2.45, 2.75) is 0 Å². The van der Waals surface area contributed by atoms with Gasteiger partial charge in [0.1, 0.15) is 5.75 Å². The lowest BCUT2D eigenvalue weighted by molar-refractivity contribution is 0.491. The van der Waals surface area contributed by atoms with Gasteiger partial charge < -0.3 is 4.52 Å². The number of rotatable bonds is 3. The number of nitriles is 1. The smallest absolute Gasteiger partial charge is 0.374 e. The molecule has 1 unspecified atom stereocenters. The second-order valence-electron chi connectivity index (χ2n) is 6.23. The largest absolute Gasteiger partial charge is 0.426 e. The summed E-state index contributed by atoms with van der Waals surface area (Å²) in [6, 6.07) is 26.2. The first kappa shape index (κ1) is 17.1. The first-order chi connectivity index (χ1) is 13.1. The molecule has 0 N–H and O–H groups in total. The van der Waals surface area contributed by atoms with E-state index < -0.39 is 7.52 Å². The topological polar surface area (TPSA) is 53.3 Å². The van der Waals surface area contributed by atoms with E-state index in [-0.39, 0.29) is 0 Å². The molecule has 1 heterocycles. The van der Waals surface area contributed by atoms with E-state index in [1.807, 2.05) is 60.7 Å². The first-order valence-electron chi connectivity index (χ1n) is 8.52. The lowest BCUT2D eigenvalue weighted by Crippen LogP contribution is -2.21. The summed E-state index contributed by atoms with van der Waals surface area (Å²) < 4.78 is 22.0. The number of para-hydroxylation sites is 2. The molecule has 5 heteroatoms. The summed E-state index contributed by atoms with van der Waals surface area (Å²) in [5.74, 6) is 0.548. The van der Waals surface area contributed by atoms with Gasteiger partial charge in [-0.25, -0.2) is 4.57 Å². The Bertz CT molecular complexity index is 1100. The van der Waals surface area contributed by atoms with E-state index in [4.69, 9.17) is 9.79 Å². The standard InChI is InChI=1S/C22H17N2O2P/c1-24-21-10-6-5-7-19(21)15-22(18-13-11-17(16-23)12-14-18)27(24,25)26-20-8-3-2-4-9-20/h2-15H,1H3. The molecule has 0 amide bonds. The molecule has 3 aromatic carbocycles. The highest BCUT2D eigenvalue weighted by Crippen LogP contribution is 2.65. The predicted molar refractivity (Wildman–Crippen MR) is 109 cm³/mol. The molecular formula is C22H17N2O2P. The second kappa shape index (κ2) is 6.79. The van der Waals surface area contributed by atoms with Crippen molar-refractivity contribution in [3.05, 3.63) is 95.6 Å². The molecule has 4 nitrogen and oxygen atoms in total. The number of anilines is 1. The van der Waals surface area contributed by atoms with Gasteiger partial charge in [0.2, 0.25) is 0 Å². The van der Waals surface area contributed by atoms with Gasteiger partial charge >= 0.3 is 7.52 Å². The molecule has 0 saturated carbocycles. The van der Waals surface area contributed by atoms with Crippen LogP contribution in [0.2, 0.25) is 0 Å². The predicted octanol–water partition coefficient (Wildman–Crippen LogP) is 5.78. The molecule has 0 spiro atoms. The van der Waals surface area contributed by atoms with Crippen LogP contribution in [0.15, 0.2) is 78.9 Å². The SMILES string of the molecule is CN1c2ccccc2C=C(c2ccc(C#N)cc2)P1(=O)Oc1ccccc1. The zero-order valence-corrected chi connectivity index (χ0v) is 15.6. The van der Waals surface area contributed by atoms with Gasteiger partial charge in [-0.2, -0.15) is 5.26 Å². The lowest BCUT2D eigenvalue weighted by atomic mass is 10.1. The molecule has 0 aliphatic carbocycles. The Morgan fingerprint density at radius 1 is 0.926 bits per heavy atom. The van der Waals surface area contributed by atoms with Crippen molar-refractivity contribution in [1.82, 2.24) is 0 Å². The van der Waals surface area contributed by atoms with Crippen molar-refractivity contribution in [2.24, 2.45) is 0 Å². The first-order valence-corrected chi connectivity index (χ1v) is 10.1. The molecule has 1 aliphatic heterocycles. The molecule has 0 saturated heterocycles. The van der Waals surface area contributed by atoms with E-state index >= 15 is 0 Å². The van der Waals surface area contributed by atoms with Crippen LogP contribution in [-0.2, 0) is 4.57 Å². The van der Waals surface area contributed by atoms with Crippen LogP contribution in [0.25, 0.3) is 11.4 Å². The van der Waals surface area contributed by atoms with Crippen LogP contribution in [-0.4, -0.2) is 7.05 Å². The Morgan fingerprint density at radius 3 is 2.30 bits per heavy atom. The Hall–Kier alpha value is -3.28. The van der Waals surface area contributed by atoms with Crippen LogP contribution in [0, 0.1) is 11.3 Å². The minimum Gasteiger partial charge on any atom is -0.426 e. The number of benzene rings is 3. The minimum absolute atomic E-state index is 0.548. The Balaban J connectivity index is 1.88. The van der Waals surface area contributed by atoms with E-state index in [9.17, 15) is 4.57 Å². The van der Waals surface area contributed by atoms with Gasteiger partial charge in [-0.3, -0.25) is 4.67 Å². The average Bonchev–Trinajstić information content (AvgIpc) is 2.72. The molecule has 0 radical (unpaired) electrons. The summed E-state index contributed by atoms with van der Waals surface area (Å²) in [5.41, 5.74) is 3.16. The highest BCUT2D eigenvalue weighted by molar-refractivity contribution is 7.72. The van der Waals surface area contributed by atoms with E-state index in [1.54, 1.807) is 36.0 Å². The van der Waals surface area contributed by atoms with E-state index in [0.29, 0.717) is 16.6 Å². The highest BCUT2D eigenvalue weighted by atomic mass is 31.2. The molecule has 0 fully saturated rings. The van der Waals surface area contributed by atoms with Crippen molar-refractivity contribution < 1.29 is 9.09 Å². The zero-order chi connectivity index (χ0) is 18.9. The molecule has 1 aliphatic rings. The monoisotopic (exact) mass is 372 g/mol. The van der Waals surface area contributed by atoms with E-state index in [0.717, 1.165) is 16.8 Å². The fourth-order valence-corrected chi connectivity index (χ4v) is 5.33. The molecule has 0 aromatic heterocycles. The Labute approximate surface area is 158 Å². The summed E-state index contributed by atoms with van der Waals surface area (Å²) in [6.45, 7) is 0. The van der Waals surface area contributed by atoms with Crippen molar-refractivity contribution in [3.63, 3.8) is 0 Å². The lowest BCUT2D eigenvalue weighted by Gasteiger charge is -2.35.